The van der Waals surface area contributed by atoms with E-state index < -0.39 is 15.8 Å². The highest BCUT2D eigenvalue weighted by Crippen LogP contribution is 2.47. The van der Waals surface area contributed by atoms with Crippen molar-refractivity contribution in [3.05, 3.63) is 76.5 Å². The van der Waals surface area contributed by atoms with E-state index in [0.29, 0.717) is 47.2 Å². The molecule has 2 aliphatic heterocycles. The average Bonchev–Trinajstić information content (AvgIpc) is 3.45. The number of amides is 1. The Labute approximate surface area is 315 Å². The van der Waals surface area contributed by atoms with E-state index >= 15 is 0 Å². The number of hydrogen-bond donors (Lipinski definition) is 1. The minimum atomic E-state index is -3.44. The number of carbonyl (C=O) groups excluding carboxylic acids is 1. The number of aryl methyl sites for hydroxylation is 2. The number of nitrogens with zero attached hydrogens (tertiary/aromatic N) is 6. The van der Waals surface area contributed by atoms with Crippen LogP contribution in [0.25, 0.3) is 10.9 Å². The highest BCUT2D eigenvalue weighted by molar-refractivity contribution is 7.95. The lowest BCUT2D eigenvalue weighted by Gasteiger charge is -2.46. The Hall–Kier alpha value is -4.20. The van der Waals surface area contributed by atoms with Crippen molar-refractivity contribution in [1.82, 2.24) is 20.0 Å². The van der Waals surface area contributed by atoms with Gasteiger partial charge in [0.2, 0.25) is 5.88 Å². The topological polar surface area (TPSA) is 133 Å². The third kappa shape index (κ3) is 6.87. The van der Waals surface area contributed by atoms with E-state index in [1.807, 2.05) is 25.1 Å². The molecule has 14 heteroatoms. The fraction of sp³-hybridized carbons (Fsp3) is 0.487. The summed E-state index contributed by atoms with van der Waals surface area (Å²) < 4.78 is 42.2. The standard InChI is InChI=1S/C39H46ClN7O5S/c1-24-7-5-9-33(50-3)29-13-10-27(29)19-47-22-39(16-6-8-25-17-28(40)12-14-31(25)39)23-52-34-15-11-26(18-32(34)47)37(48)45-53(49,21-24)44-36-35-30(20-46(2)43-35)38(51-4)42-41-36/h5,9,11-12,14-15,17-18,20,24,27,29,33H,6-8,10,13,16,19,21-23H2,1-4H3,(H,41,44,45,48,49)/b9-5+/t24-,27-,29+,33-,39-,53?/m0/s1. The molecule has 4 aromatic rings. The van der Waals surface area contributed by atoms with Crippen LogP contribution < -0.4 is 19.1 Å². The average molecular weight is 760 g/mol. The van der Waals surface area contributed by atoms with Crippen molar-refractivity contribution in [2.24, 2.45) is 29.2 Å². The number of nitrogens with one attached hydrogen (secondary N) is 1. The van der Waals surface area contributed by atoms with Gasteiger partial charge in [-0.25, -0.2) is 4.21 Å². The number of ether oxygens (including phenoxy) is 3. The molecule has 8 rings (SSSR count). The van der Waals surface area contributed by atoms with Gasteiger partial charge in [-0.2, -0.15) is 5.10 Å². The highest BCUT2D eigenvalue weighted by atomic mass is 35.5. The number of carbonyl (C=O) groups is 1. The van der Waals surface area contributed by atoms with Gasteiger partial charge in [0, 0.05) is 49.4 Å². The molecule has 53 heavy (non-hydrogen) atoms. The number of methoxy groups -OCH3 is 2. The van der Waals surface area contributed by atoms with E-state index in [1.54, 1.807) is 31.1 Å². The molecule has 6 atom stereocenters. The van der Waals surface area contributed by atoms with Crippen LogP contribution in [-0.2, 0) is 33.5 Å². The summed E-state index contributed by atoms with van der Waals surface area (Å²) in [5.41, 5.74) is 3.90. The van der Waals surface area contributed by atoms with E-state index in [-0.39, 0.29) is 29.0 Å². The summed E-state index contributed by atoms with van der Waals surface area (Å²) >= 11 is 6.48. The molecule has 2 bridgehead atoms. The maximum Gasteiger partial charge on any atom is 0.286 e. The normalized spacial score (nSPS) is 29.2. The van der Waals surface area contributed by atoms with E-state index in [4.69, 9.17) is 25.8 Å². The summed E-state index contributed by atoms with van der Waals surface area (Å²) in [7, 11) is 1.62. The molecular formula is C39H46ClN7O5S. The van der Waals surface area contributed by atoms with Crippen LogP contribution in [0.4, 0.5) is 11.5 Å². The lowest BCUT2D eigenvalue weighted by molar-refractivity contribution is 0.0131. The molecule has 1 spiro atoms. The Morgan fingerprint density at radius 3 is 2.79 bits per heavy atom. The van der Waals surface area contributed by atoms with E-state index in [0.717, 1.165) is 61.7 Å². The van der Waals surface area contributed by atoms with E-state index in [9.17, 15) is 9.00 Å². The number of hydrogen-bond acceptors (Lipinski definition) is 9. The Bertz CT molecular complexity index is 2220. The molecule has 0 radical (unpaired) electrons. The van der Waals surface area contributed by atoms with Crippen molar-refractivity contribution in [3.63, 3.8) is 0 Å². The van der Waals surface area contributed by atoms with Gasteiger partial charge in [-0.15, -0.1) is 14.6 Å². The van der Waals surface area contributed by atoms with Crippen molar-refractivity contribution >= 4 is 49.8 Å². The molecule has 1 saturated carbocycles. The van der Waals surface area contributed by atoms with E-state index in [2.05, 4.69) is 53.6 Å². The van der Waals surface area contributed by atoms with Gasteiger partial charge in [0.15, 0.2) is 5.82 Å². The molecule has 1 unspecified atom stereocenters. The van der Waals surface area contributed by atoms with Gasteiger partial charge >= 0.3 is 0 Å². The SMILES string of the molecule is COc1nnc(NS2(=O)=NC(=O)c3ccc4c(c3)N(C[C@@H]3CC[C@H]3[C@@H](OC)/C=C/C[C@H](C)C2)C[C@@]2(CCCc3cc(Cl)ccc32)CO4)c2nn(C)cc12. The first-order valence-corrected chi connectivity index (χ1v) is 20.4. The van der Waals surface area contributed by atoms with E-state index in [1.165, 1.54) is 18.2 Å². The van der Waals surface area contributed by atoms with Crippen LogP contribution in [0.3, 0.4) is 0 Å². The maximum absolute atomic E-state index is 14.9. The Morgan fingerprint density at radius 1 is 1.13 bits per heavy atom. The molecule has 4 heterocycles. The van der Waals surface area contributed by atoms with Crippen molar-refractivity contribution in [2.45, 2.75) is 57.0 Å². The second kappa shape index (κ2) is 14.2. The summed E-state index contributed by atoms with van der Waals surface area (Å²) in [4.78, 5) is 16.6. The lowest BCUT2D eigenvalue weighted by Crippen LogP contribution is -2.49. The second-order valence-corrected chi connectivity index (χ2v) is 17.6. The van der Waals surface area contributed by atoms with Gasteiger partial charge in [0.1, 0.15) is 21.2 Å². The minimum absolute atomic E-state index is 0.0462. The number of aromatic nitrogens is 4. The first-order chi connectivity index (χ1) is 25.6. The van der Waals surface area contributed by atoms with Gasteiger partial charge in [-0.3, -0.25) is 14.2 Å². The summed E-state index contributed by atoms with van der Waals surface area (Å²) in [5.74, 6) is 1.31. The van der Waals surface area contributed by atoms with Crippen LogP contribution in [0, 0.1) is 17.8 Å². The van der Waals surface area contributed by atoms with Crippen LogP contribution in [0.1, 0.15) is 60.5 Å². The zero-order valence-electron chi connectivity index (χ0n) is 30.6. The zero-order valence-corrected chi connectivity index (χ0v) is 32.2. The number of benzene rings is 2. The first-order valence-electron chi connectivity index (χ1n) is 18.4. The third-order valence-corrected chi connectivity index (χ3v) is 13.7. The number of halogens is 1. The predicted octanol–water partition coefficient (Wildman–Crippen LogP) is 6.77. The summed E-state index contributed by atoms with van der Waals surface area (Å²) in [6.45, 7) is 4.04. The molecule has 12 nitrogen and oxygen atoms in total. The number of fused-ring (bicyclic) bond motifs is 5. The monoisotopic (exact) mass is 759 g/mol. The molecule has 0 saturated heterocycles. The van der Waals surface area contributed by atoms with Crippen molar-refractivity contribution in [3.8, 4) is 11.6 Å². The molecule has 2 aliphatic carbocycles. The van der Waals surface area contributed by atoms with Crippen LogP contribution in [0.2, 0.25) is 5.02 Å². The van der Waals surface area contributed by atoms with Crippen molar-refractivity contribution in [1.29, 1.82) is 0 Å². The minimum Gasteiger partial charge on any atom is -0.490 e. The van der Waals surface area contributed by atoms with Gasteiger partial charge < -0.3 is 19.1 Å². The van der Waals surface area contributed by atoms with Crippen LogP contribution in [0.5, 0.6) is 11.6 Å². The molecule has 1 N–H and O–H groups in total. The van der Waals surface area contributed by atoms with Gasteiger partial charge in [-0.1, -0.05) is 36.7 Å². The van der Waals surface area contributed by atoms with Gasteiger partial charge in [-0.05, 0) is 97.7 Å². The maximum atomic E-state index is 14.9. The highest BCUT2D eigenvalue weighted by Gasteiger charge is 2.44. The quantitative estimate of drug-likeness (QED) is 0.224. The molecule has 4 aliphatic rings. The van der Waals surface area contributed by atoms with Crippen LogP contribution in [0.15, 0.2) is 59.1 Å². The predicted molar refractivity (Wildman–Crippen MR) is 206 cm³/mol. The molecule has 280 valence electrons. The molecule has 1 amide bonds. The Balaban J connectivity index is 1.22. The first kappa shape index (κ1) is 35.8. The molecule has 2 aromatic carbocycles. The lowest BCUT2D eigenvalue weighted by atomic mass is 9.68. The third-order valence-electron chi connectivity index (χ3n) is 11.5. The molecular weight excluding hydrogens is 714 g/mol. The summed E-state index contributed by atoms with van der Waals surface area (Å²) in [6.07, 6.45) is 11.8. The fourth-order valence-electron chi connectivity index (χ4n) is 8.75. The molecule has 2 aromatic heterocycles. The summed E-state index contributed by atoms with van der Waals surface area (Å²) in [6, 6.07) is 11.7. The van der Waals surface area contributed by atoms with Crippen LogP contribution >= 0.6 is 11.6 Å². The Morgan fingerprint density at radius 2 is 2.00 bits per heavy atom. The van der Waals surface area contributed by atoms with Gasteiger partial charge in [0.05, 0.1) is 36.6 Å². The fourth-order valence-corrected chi connectivity index (χ4v) is 10.9. The second-order valence-electron chi connectivity index (χ2n) is 15.2. The summed E-state index contributed by atoms with van der Waals surface area (Å²) in [5, 5.41) is 14.3. The smallest absolute Gasteiger partial charge is 0.286 e. The Kier molecular flexibility index (Phi) is 9.61. The van der Waals surface area contributed by atoms with Crippen molar-refractivity contribution < 1.29 is 23.2 Å². The molecule has 1 fully saturated rings. The number of allylic oxidation sites excluding steroid dienone is 1. The number of rotatable bonds is 4. The van der Waals surface area contributed by atoms with Crippen molar-refractivity contribution in [2.75, 3.05) is 49.3 Å². The van der Waals surface area contributed by atoms with Gasteiger partial charge in [0.25, 0.3) is 5.91 Å². The zero-order chi connectivity index (χ0) is 36.9. The number of anilines is 2. The van der Waals surface area contributed by atoms with Crippen LogP contribution in [-0.4, -0.2) is 75.9 Å². The largest absolute Gasteiger partial charge is 0.490 e.